The van der Waals surface area contributed by atoms with E-state index in [1.54, 1.807) is 0 Å². The zero-order valence-electron chi connectivity index (χ0n) is 12.2. The van der Waals surface area contributed by atoms with Crippen LogP contribution in [0.4, 0.5) is 0 Å². The summed E-state index contributed by atoms with van der Waals surface area (Å²) < 4.78 is 6.19. The maximum atomic E-state index is 6.19. The Morgan fingerprint density at radius 2 is 2.05 bits per heavy atom. The SMILES string of the molecule is CC1CCC(C)(COc2cccc3c2CNC3)CC1. The first-order valence-corrected chi connectivity index (χ1v) is 7.61. The molecule has 1 fully saturated rings. The molecule has 104 valence electrons. The molecule has 0 radical (unpaired) electrons. The minimum Gasteiger partial charge on any atom is -0.493 e. The molecule has 0 aromatic heterocycles. The fraction of sp³-hybridized carbons (Fsp3) is 0.647. The average Bonchev–Trinajstić information content (AvgIpc) is 2.89. The zero-order chi connectivity index (χ0) is 13.3. The molecule has 2 nitrogen and oxygen atoms in total. The van der Waals surface area contributed by atoms with Crippen molar-refractivity contribution in [2.24, 2.45) is 11.3 Å². The van der Waals surface area contributed by atoms with Crippen LogP contribution in [-0.4, -0.2) is 6.61 Å². The molecule has 0 unspecified atom stereocenters. The van der Waals surface area contributed by atoms with E-state index in [0.717, 1.165) is 31.4 Å². The zero-order valence-corrected chi connectivity index (χ0v) is 12.2. The highest BCUT2D eigenvalue weighted by atomic mass is 16.5. The molecule has 1 heterocycles. The van der Waals surface area contributed by atoms with E-state index in [2.05, 4.69) is 37.4 Å². The summed E-state index contributed by atoms with van der Waals surface area (Å²) in [6.07, 6.45) is 5.32. The van der Waals surface area contributed by atoms with Gasteiger partial charge in [-0.3, -0.25) is 0 Å². The topological polar surface area (TPSA) is 21.3 Å². The van der Waals surface area contributed by atoms with Gasteiger partial charge in [-0.1, -0.05) is 38.8 Å². The van der Waals surface area contributed by atoms with Crippen LogP contribution in [0.25, 0.3) is 0 Å². The molecular weight excluding hydrogens is 234 g/mol. The van der Waals surface area contributed by atoms with Crippen LogP contribution in [0.5, 0.6) is 5.75 Å². The minimum absolute atomic E-state index is 0.376. The number of benzene rings is 1. The third kappa shape index (κ3) is 2.79. The average molecular weight is 259 g/mol. The summed E-state index contributed by atoms with van der Waals surface area (Å²) in [5.41, 5.74) is 3.15. The molecule has 3 rings (SSSR count). The van der Waals surface area contributed by atoms with Crippen LogP contribution in [0.2, 0.25) is 0 Å². The van der Waals surface area contributed by atoms with Crippen molar-refractivity contribution in [1.82, 2.24) is 5.32 Å². The van der Waals surface area contributed by atoms with Crippen molar-refractivity contribution in [2.75, 3.05) is 6.61 Å². The molecule has 1 aromatic rings. The molecule has 0 atom stereocenters. The monoisotopic (exact) mass is 259 g/mol. The molecule has 19 heavy (non-hydrogen) atoms. The molecular formula is C17H25NO. The number of ether oxygens (including phenoxy) is 1. The number of rotatable bonds is 3. The van der Waals surface area contributed by atoms with Crippen LogP contribution < -0.4 is 10.1 Å². The Labute approximate surface area is 116 Å². The van der Waals surface area contributed by atoms with Gasteiger partial charge in [0, 0.05) is 24.1 Å². The maximum Gasteiger partial charge on any atom is 0.124 e. The van der Waals surface area contributed by atoms with Gasteiger partial charge in [0.2, 0.25) is 0 Å². The molecule has 2 aliphatic rings. The highest BCUT2D eigenvalue weighted by Crippen LogP contribution is 2.39. The van der Waals surface area contributed by atoms with Gasteiger partial charge in [-0.05, 0) is 30.4 Å². The van der Waals surface area contributed by atoms with Gasteiger partial charge >= 0.3 is 0 Å². The van der Waals surface area contributed by atoms with E-state index in [-0.39, 0.29) is 0 Å². The molecule has 1 aromatic carbocycles. The Hall–Kier alpha value is -1.02. The van der Waals surface area contributed by atoms with Gasteiger partial charge in [0.25, 0.3) is 0 Å². The van der Waals surface area contributed by atoms with Crippen molar-refractivity contribution in [3.63, 3.8) is 0 Å². The van der Waals surface area contributed by atoms with Crippen LogP contribution >= 0.6 is 0 Å². The van der Waals surface area contributed by atoms with Crippen molar-refractivity contribution in [2.45, 2.75) is 52.6 Å². The Morgan fingerprint density at radius 1 is 1.26 bits per heavy atom. The van der Waals surface area contributed by atoms with Gasteiger partial charge in [0.05, 0.1) is 6.61 Å². The largest absolute Gasteiger partial charge is 0.493 e. The summed E-state index contributed by atoms with van der Waals surface area (Å²) in [6, 6.07) is 6.44. The highest BCUT2D eigenvalue weighted by Gasteiger charge is 2.30. The Balaban J connectivity index is 1.65. The second-order valence-corrected chi connectivity index (χ2v) is 6.78. The van der Waals surface area contributed by atoms with E-state index in [9.17, 15) is 0 Å². The van der Waals surface area contributed by atoms with Crippen molar-refractivity contribution in [3.05, 3.63) is 29.3 Å². The van der Waals surface area contributed by atoms with Gasteiger partial charge in [-0.2, -0.15) is 0 Å². The van der Waals surface area contributed by atoms with E-state index in [1.807, 2.05) is 0 Å². The first-order valence-electron chi connectivity index (χ1n) is 7.61. The molecule has 0 amide bonds. The number of nitrogens with one attached hydrogen (secondary N) is 1. The van der Waals surface area contributed by atoms with Crippen molar-refractivity contribution in [3.8, 4) is 5.75 Å². The molecule has 0 spiro atoms. The second-order valence-electron chi connectivity index (χ2n) is 6.78. The highest BCUT2D eigenvalue weighted by molar-refractivity contribution is 5.42. The van der Waals surface area contributed by atoms with Gasteiger partial charge in [-0.15, -0.1) is 0 Å². The standard InChI is InChI=1S/C17H25NO/c1-13-6-8-17(2,9-7-13)12-19-16-5-3-4-14-10-18-11-15(14)16/h3-5,13,18H,6-12H2,1-2H3. The van der Waals surface area contributed by atoms with Crippen molar-refractivity contribution < 1.29 is 4.74 Å². The lowest BCUT2D eigenvalue weighted by Crippen LogP contribution is -2.30. The van der Waals surface area contributed by atoms with Crippen molar-refractivity contribution >= 4 is 0 Å². The summed E-state index contributed by atoms with van der Waals surface area (Å²) in [4.78, 5) is 0. The molecule has 2 heteroatoms. The second kappa shape index (κ2) is 5.16. The Bertz CT molecular complexity index is 447. The molecule has 1 N–H and O–H groups in total. The Kier molecular flexibility index (Phi) is 3.53. The maximum absolute atomic E-state index is 6.19. The quantitative estimate of drug-likeness (QED) is 0.889. The summed E-state index contributed by atoms with van der Waals surface area (Å²) in [6.45, 7) is 7.58. The molecule has 1 saturated carbocycles. The summed E-state index contributed by atoms with van der Waals surface area (Å²) in [5.74, 6) is 2.00. The van der Waals surface area contributed by atoms with Crippen LogP contribution in [-0.2, 0) is 13.1 Å². The van der Waals surface area contributed by atoms with Crippen LogP contribution in [0.3, 0.4) is 0 Å². The van der Waals surface area contributed by atoms with Crippen molar-refractivity contribution in [1.29, 1.82) is 0 Å². The molecule has 1 aliphatic carbocycles. The first-order chi connectivity index (χ1) is 9.16. The van der Waals surface area contributed by atoms with Crippen LogP contribution in [0.1, 0.15) is 50.7 Å². The molecule has 1 aliphatic heterocycles. The van der Waals surface area contributed by atoms with E-state index in [1.165, 1.54) is 36.8 Å². The lowest BCUT2D eigenvalue weighted by molar-refractivity contribution is 0.0976. The van der Waals surface area contributed by atoms with Gasteiger partial charge < -0.3 is 10.1 Å². The van der Waals surface area contributed by atoms with Gasteiger partial charge in [0.1, 0.15) is 5.75 Å². The third-order valence-corrected chi connectivity index (χ3v) is 4.90. The fourth-order valence-electron chi connectivity index (χ4n) is 3.29. The van der Waals surface area contributed by atoms with Crippen LogP contribution in [0, 0.1) is 11.3 Å². The third-order valence-electron chi connectivity index (χ3n) is 4.90. The van der Waals surface area contributed by atoms with Gasteiger partial charge in [-0.25, -0.2) is 0 Å². The van der Waals surface area contributed by atoms with E-state index >= 15 is 0 Å². The minimum atomic E-state index is 0.376. The lowest BCUT2D eigenvalue weighted by Gasteiger charge is -2.36. The van der Waals surface area contributed by atoms with E-state index < -0.39 is 0 Å². The fourth-order valence-corrected chi connectivity index (χ4v) is 3.29. The van der Waals surface area contributed by atoms with E-state index in [4.69, 9.17) is 4.74 Å². The Morgan fingerprint density at radius 3 is 2.84 bits per heavy atom. The summed E-state index contributed by atoms with van der Waals surface area (Å²) in [7, 11) is 0. The van der Waals surface area contributed by atoms with E-state index in [0.29, 0.717) is 5.41 Å². The smallest absolute Gasteiger partial charge is 0.124 e. The summed E-state index contributed by atoms with van der Waals surface area (Å²) >= 11 is 0. The summed E-state index contributed by atoms with van der Waals surface area (Å²) in [5, 5.41) is 3.40. The van der Waals surface area contributed by atoms with Crippen LogP contribution in [0.15, 0.2) is 18.2 Å². The predicted octanol–water partition coefficient (Wildman–Crippen LogP) is 3.89. The van der Waals surface area contributed by atoms with Gasteiger partial charge in [0.15, 0.2) is 0 Å². The normalized spacial score (nSPS) is 30.1. The number of fused-ring (bicyclic) bond motifs is 1. The number of hydrogen-bond acceptors (Lipinski definition) is 2. The molecule has 0 saturated heterocycles. The first kappa shape index (κ1) is 13.0. The number of hydrogen-bond donors (Lipinski definition) is 1. The molecule has 0 bridgehead atoms. The predicted molar refractivity (Wildman–Crippen MR) is 78.2 cm³/mol. The lowest BCUT2D eigenvalue weighted by atomic mass is 9.73.